The molecule has 0 aromatic heterocycles. The fourth-order valence-corrected chi connectivity index (χ4v) is 3.27. The van der Waals surface area contributed by atoms with Crippen LogP contribution in [0, 0.1) is 5.92 Å². The third-order valence-corrected chi connectivity index (χ3v) is 4.36. The maximum absolute atomic E-state index is 3.63. The first kappa shape index (κ1) is 15.5. The molecule has 1 aromatic rings. The van der Waals surface area contributed by atoms with Crippen molar-refractivity contribution in [3.63, 3.8) is 0 Å². The summed E-state index contributed by atoms with van der Waals surface area (Å²) < 4.78 is 0. The van der Waals surface area contributed by atoms with E-state index in [1.807, 2.05) is 0 Å². The molecule has 0 aliphatic carbocycles. The average molecular weight is 274 g/mol. The first-order valence-corrected chi connectivity index (χ1v) is 8.23. The first-order valence-electron chi connectivity index (χ1n) is 8.23. The van der Waals surface area contributed by atoms with Crippen LogP contribution in [0.15, 0.2) is 30.3 Å². The largest absolute Gasteiger partial charge is 0.313 e. The fraction of sp³-hybridized carbons (Fsp3) is 0.667. The molecule has 0 spiro atoms. The van der Waals surface area contributed by atoms with Crippen LogP contribution in [-0.2, 0) is 0 Å². The molecule has 2 heteroatoms. The van der Waals surface area contributed by atoms with Crippen molar-refractivity contribution < 1.29 is 0 Å². The van der Waals surface area contributed by atoms with Crippen LogP contribution in [-0.4, -0.2) is 30.6 Å². The molecule has 0 radical (unpaired) electrons. The van der Waals surface area contributed by atoms with Crippen LogP contribution < -0.4 is 5.32 Å². The van der Waals surface area contributed by atoms with Crippen LogP contribution in [0.5, 0.6) is 0 Å². The molecule has 1 saturated heterocycles. The Hall–Kier alpha value is -0.860. The van der Waals surface area contributed by atoms with Crippen LogP contribution in [0.25, 0.3) is 0 Å². The highest BCUT2D eigenvalue weighted by Crippen LogP contribution is 2.29. The van der Waals surface area contributed by atoms with Gasteiger partial charge in [0.1, 0.15) is 0 Å². The Kier molecular flexibility index (Phi) is 6.06. The predicted octanol–water partition coefficient (Wildman–Crippen LogP) is 3.85. The summed E-state index contributed by atoms with van der Waals surface area (Å²) in [6, 6.07) is 12.1. The van der Waals surface area contributed by atoms with Crippen LogP contribution in [0.3, 0.4) is 0 Å². The van der Waals surface area contributed by atoms with E-state index < -0.39 is 0 Å². The molecule has 112 valence electrons. The van der Waals surface area contributed by atoms with Crippen LogP contribution >= 0.6 is 0 Å². The summed E-state index contributed by atoms with van der Waals surface area (Å²) in [6.07, 6.45) is 4.08. The Morgan fingerprint density at radius 2 is 2.00 bits per heavy atom. The minimum atomic E-state index is 0.528. The second-order valence-electron chi connectivity index (χ2n) is 6.43. The van der Waals surface area contributed by atoms with Gasteiger partial charge in [-0.2, -0.15) is 0 Å². The van der Waals surface area contributed by atoms with E-state index in [9.17, 15) is 0 Å². The molecule has 2 rings (SSSR count). The summed E-state index contributed by atoms with van der Waals surface area (Å²) in [5.41, 5.74) is 1.46. The highest BCUT2D eigenvalue weighted by Gasteiger charge is 2.28. The van der Waals surface area contributed by atoms with Crippen molar-refractivity contribution in [2.24, 2.45) is 5.92 Å². The normalized spacial score (nSPS) is 21.5. The molecule has 20 heavy (non-hydrogen) atoms. The molecule has 2 nitrogen and oxygen atoms in total. The Morgan fingerprint density at radius 3 is 2.65 bits per heavy atom. The molecular formula is C18H30N2. The van der Waals surface area contributed by atoms with Gasteiger partial charge in [0.15, 0.2) is 0 Å². The molecule has 2 atom stereocenters. The third kappa shape index (κ3) is 4.32. The van der Waals surface area contributed by atoms with E-state index in [1.54, 1.807) is 0 Å². The van der Waals surface area contributed by atoms with E-state index in [0.717, 1.165) is 12.5 Å². The van der Waals surface area contributed by atoms with Crippen molar-refractivity contribution >= 4 is 0 Å². The lowest BCUT2D eigenvalue weighted by atomic mass is 10.0. The molecule has 0 amide bonds. The van der Waals surface area contributed by atoms with Gasteiger partial charge in [0.25, 0.3) is 0 Å². The van der Waals surface area contributed by atoms with Gasteiger partial charge in [-0.15, -0.1) is 0 Å². The van der Waals surface area contributed by atoms with Gasteiger partial charge in [0, 0.05) is 25.2 Å². The third-order valence-electron chi connectivity index (χ3n) is 4.36. The Labute approximate surface area is 124 Å². The van der Waals surface area contributed by atoms with E-state index in [2.05, 4.69) is 61.3 Å². The summed E-state index contributed by atoms with van der Waals surface area (Å²) in [5.74, 6) is 0.908. The van der Waals surface area contributed by atoms with Gasteiger partial charge in [0.2, 0.25) is 0 Å². The molecule has 1 aliphatic rings. The molecule has 1 aliphatic heterocycles. The van der Waals surface area contributed by atoms with Crippen molar-refractivity contribution in [2.75, 3.05) is 19.6 Å². The SMILES string of the molecule is CCCC1CCN(C(CNC(C)C)c2ccccc2)C1. The topological polar surface area (TPSA) is 15.3 Å². The van der Waals surface area contributed by atoms with E-state index in [1.165, 1.54) is 37.9 Å². The van der Waals surface area contributed by atoms with E-state index in [4.69, 9.17) is 0 Å². The lowest BCUT2D eigenvalue weighted by Gasteiger charge is -2.29. The van der Waals surface area contributed by atoms with Crippen molar-refractivity contribution in [1.29, 1.82) is 0 Å². The van der Waals surface area contributed by atoms with E-state index in [-0.39, 0.29) is 0 Å². The lowest BCUT2D eigenvalue weighted by Crippen LogP contribution is -2.37. The molecule has 0 saturated carbocycles. The van der Waals surface area contributed by atoms with Crippen molar-refractivity contribution in [3.05, 3.63) is 35.9 Å². The number of benzene rings is 1. The highest BCUT2D eigenvalue weighted by molar-refractivity contribution is 5.20. The van der Waals surface area contributed by atoms with Gasteiger partial charge in [-0.05, 0) is 30.9 Å². The number of likely N-dealkylation sites (tertiary alicyclic amines) is 1. The molecule has 1 heterocycles. The molecule has 0 bridgehead atoms. The number of hydrogen-bond donors (Lipinski definition) is 1. The fourth-order valence-electron chi connectivity index (χ4n) is 3.27. The van der Waals surface area contributed by atoms with Crippen molar-refractivity contribution in [1.82, 2.24) is 10.2 Å². The van der Waals surface area contributed by atoms with Gasteiger partial charge < -0.3 is 5.32 Å². The number of nitrogens with one attached hydrogen (secondary N) is 1. The van der Waals surface area contributed by atoms with Crippen LogP contribution in [0.4, 0.5) is 0 Å². The quantitative estimate of drug-likeness (QED) is 0.812. The van der Waals surface area contributed by atoms with E-state index >= 15 is 0 Å². The predicted molar refractivity (Wildman–Crippen MR) is 86.9 cm³/mol. The standard InChI is InChI=1S/C18H30N2/c1-4-8-16-11-12-20(14-16)18(13-19-15(2)3)17-9-6-5-7-10-17/h5-7,9-10,15-16,18-19H,4,8,11-14H2,1-3H3. The molecule has 2 unspecified atom stereocenters. The van der Waals surface area contributed by atoms with Gasteiger partial charge in [-0.1, -0.05) is 57.5 Å². The minimum Gasteiger partial charge on any atom is -0.313 e. The number of nitrogens with zero attached hydrogens (tertiary/aromatic N) is 1. The minimum absolute atomic E-state index is 0.528. The maximum atomic E-state index is 3.63. The Balaban J connectivity index is 2.03. The molecule has 1 fully saturated rings. The molecule has 1 aromatic carbocycles. The smallest absolute Gasteiger partial charge is 0.0472 e. The summed E-state index contributed by atoms with van der Waals surface area (Å²) in [6.45, 7) is 10.3. The van der Waals surface area contributed by atoms with E-state index in [0.29, 0.717) is 12.1 Å². The zero-order chi connectivity index (χ0) is 14.4. The zero-order valence-corrected chi connectivity index (χ0v) is 13.3. The second kappa shape index (κ2) is 7.80. The Bertz CT molecular complexity index is 374. The summed E-state index contributed by atoms with van der Waals surface area (Å²) in [7, 11) is 0. The molecule has 1 N–H and O–H groups in total. The van der Waals surface area contributed by atoms with Crippen LogP contribution in [0.1, 0.15) is 51.6 Å². The molecular weight excluding hydrogens is 244 g/mol. The van der Waals surface area contributed by atoms with Gasteiger partial charge >= 0.3 is 0 Å². The zero-order valence-electron chi connectivity index (χ0n) is 13.3. The Morgan fingerprint density at radius 1 is 1.25 bits per heavy atom. The second-order valence-corrected chi connectivity index (χ2v) is 6.43. The number of hydrogen-bond acceptors (Lipinski definition) is 2. The van der Waals surface area contributed by atoms with Crippen molar-refractivity contribution in [3.8, 4) is 0 Å². The van der Waals surface area contributed by atoms with Crippen LogP contribution in [0.2, 0.25) is 0 Å². The summed E-state index contributed by atoms with van der Waals surface area (Å²) in [5, 5.41) is 3.63. The average Bonchev–Trinajstić information content (AvgIpc) is 2.89. The lowest BCUT2D eigenvalue weighted by molar-refractivity contribution is 0.225. The van der Waals surface area contributed by atoms with Gasteiger partial charge in [0.05, 0.1) is 0 Å². The number of rotatable bonds is 7. The maximum Gasteiger partial charge on any atom is 0.0472 e. The monoisotopic (exact) mass is 274 g/mol. The summed E-state index contributed by atoms with van der Waals surface area (Å²) in [4.78, 5) is 2.69. The van der Waals surface area contributed by atoms with Gasteiger partial charge in [-0.25, -0.2) is 0 Å². The van der Waals surface area contributed by atoms with Crippen molar-refractivity contribution in [2.45, 2.75) is 52.1 Å². The van der Waals surface area contributed by atoms with Gasteiger partial charge in [-0.3, -0.25) is 4.90 Å². The highest BCUT2D eigenvalue weighted by atomic mass is 15.2. The summed E-state index contributed by atoms with van der Waals surface area (Å²) >= 11 is 0. The first-order chi connectivity index (χ1) is 9.70.